The van der Waals surface area contributed by atoms with Crippen molar-refractivity contribution in [2.45, 2.75) is 19.8 Å². The lowest BCUT2D eigenvalue weighted by molar-refractivity contribution is 0.102. The maximum absolute atomic E-state index is 12.5. The monoisotopic (exact) mass is 352 g/mol. The standard InChI is InChI=1S/C20H24N4O2/c1-14-6-5-7-15(12-14)19(25)22-16-8-9-18(24-10-3-4-11-24)17(13-16)23-20(26)21-2/h5-9,12-13H,3-4,10-11H2,1-2H3,(H,22,25)(H2,21,23,26). The number of nitrogens with one attached hydrogen (secondary N) is 3. The highest BCUT2D eigenvalue weighted by Gasteiger charge is 2.18. The van der Waals surface area contributed by atoms with Gasteiger partial charge < -0.3 is 20.9 Å². The van der Waals surface area contributed by atoms with Crippen LogP contribution in [0.5, 0.6) is 0 Å². The number of nitrogens with zero attached hydrogens (tertiary/aromatic N) is 1. The highest BCUT2D eigenvalue weighted by Crippen LogP contribution is 2.31. The highest BCUT2D eigenvalue weighted by atomic mass is 16.2. The average molecular weight is 352 g/mol. The van der Waals surface area contributed by atoms with Crippen LogP contribution in [-0.2, 0) is 0 Å². The summed E-state index contributed by atoms with van der Waals surface area (Å²) in [6.07, 6.45) is 2.29. The smallest absolute Gasteiger partial charge is 0.319 e. The summed E-state index contributed by atoms with van der Waals surface area (Å²) < 4.78 is 0. The third-order valence-corrected chi connectivity index (χ3v) is 4.46. The number of hydrogen-bond acceptors (Lipinski definition) is 3. The molecule has 0 spiro atoms. The number of hydrogen-bond donors (Lipinski definition) is 3. The summed E-state index contributed by atoms with van der Waals surface area (Å²) in [5.74, 6) is -0.173. The minimum atomic E-state index is -0.285. The van der Waals surface area contributed by atoms with Gasteiger partial charge in [0.05, 0.1) is 11.4 Å². The Labute approximate surface area is 153 Å². The van der Waals surface area contributed by atoms with Crippen LogP contribution in [0.25, 0.3) is 0 Å². The first-order valence-electron chi connectivity index (χ1n) is 8.82. The SMILES string of the molecule is CNC(=O)Nc1cc(NC(=O)c2cccc(C)c2)ccc1N1CCCC1. The normalized spacial score (nSPS) is 13.4. The maximum Gasteiger partial charge on any atom is 0.319 e. The molecule has 6 nitrogen and oxygen atoms in total. The molecule has 0 aromatic heterocycles. The molecule has 1 aliphatic heterocycles. The van der Waals surface area contributed by atoms with Gasteiger partial charge in [-0.1, -0.05) is 17.7 Å². The topological polar surface area (TPSA) is 73.5 Å². The number of carbonyl (C=O) groups excluding carboxylic acids is 2. The van der Waals surface area contributed by atoms with Crippen LogP contribution in [-0.4, -0.2) is 32.1 Å². The van der Waals surface area contributed by atoms with Crippen molar-refractivity contribution in [3.63, 3.8) is 0 Å². The van der Waals surface area contributed by atoms with E-state index < -0.39 is 0 Å². The number of anilines is 3. The maximum atomic E-state index is 12.5. The molecule has 0 atom stereocenters. The van der Waals surface area contributed by atoms with E-state index in [2.05, 4.69) is 20.9 Å². The van der Waals surface area contributed by atoms with E-state index in [9.17, 15) is 9.59 Å². The molecule has 2 aromatic rings. The predicted molar refractivity (Wildman–Crippen MR) is 105 cm³/mol. The summed E-state index contributed by atoms with van der Waals surface area (Å²) in [6.45, 7) is 3.89. The Kier molecular flexibility index (Phi) is 5.41. The van der Waals surface area contributed by atoms with Gasteiger partial charge in [0.25, 0.3) is 5.91 Å². The molecule has 136 valence electrons. The summed E-state index contributed by atoms with van der Waals surface area (Å²) in [6, 6.07) is 12.8. The number of urea groups is 1. The van der Waals surface area contributed by atoms with Crippen LogP contribution < -0.4 is 20.9 Å². The van der Waals surface area contributed by atoms with Crippen LogP contribution in [0.15, 0.2) is 42.5 Å². The Hall–Kier alpha value is -3.02. The van der Waals surface area contributed by atoms with Crippen molar-refractivity contribution in [1.82, 2.24) is 5.32 Å². The van der Waals surface area contributed by atoms with E-state index in [-0.39, 0.29) is 11.9 Å². The van der Waals surface area contributed by atoms with Gasteiger partial charge in [0.15, 0.2) is 0 Å². The van der Waals surface area contributed by atoms with Crippen molar-refractivity contribution >= 4 is 29.0 Å². The molecule has 1 heterocycles. The van der Waals surface area contributed by atoms with Crippen molar-refractivity contribution < 1.29 is 9.59 Å². The van der Waals surface area contributed by atoms with Gasteiger partial charge in [-0.2, -0.15) is 0 Å². The molecule has 0 bridgehead atoms. The second kappa shape index (κ2) is 7.91. The Morgan fingerprint density at radius 1 is 1.00 bits per heavy atom. The van der Waals surface area contributed by atoms with Crippen LogP contribution in [0.2, 0.25) is 0 Å². The number of aryl methyl sites for hydroxylation is 1. The summed E-state index contributed by atoms with van der Waals surface area (Å²) in [5.41, 5.74) is 3.94. The van der Waals surface area contributed by atoms with Crippen LogP contribution >= 0.6 is 0 Å². The third kappa shape index (κ3) is 4.14. The van der Waals surface area contributed by atoms with E-state index in [1.807, 2.05) is 37.3 Å². The molecule has 26 heavy (non-hydrogen) atoms. The largest absolute Gasteiger partial charge is 0.370 e. The highest BCUT2D eigenvalue weighted by molar-refractivity contribution is 6.05. The van der Waals surface area contributed by atoms with E-state index in [0.29, 0.717) is 16.9 Å². The zero-order valence-corrected chi connectivity index (χ0v) is 15.1. The van der Waals surface area contributed by atoms with Crippen molar-refractivity contribution in [3.8, 4) is 0 Å². The lowest BCUT2D eigenvalue weighted by atomic mass is 10.1. The first kappa shape index (κ1) is 17.8. The molecule has 0 saturated carbocycles. The van der Waals surface area contributed by atoms with Crippen molar-refractivity contribution in [2.24, 2.45) is 0 Å². The van der Waals surface area contributed by atoms with Gasteiger partial charge in [-0.05, 0) is 50.1 Å². The molecule has 0 unspecified atom stereocenters. The lowest BCUT2D eigenvalue weighted by Crippen LogP contribution is -2.27. The predicted octanol–water partition coefficient (Wildman–Crippen LogP) is 3.60. The molecule has 0 radical (unpaired) electrons. The van der Waals surface area contributed by atoms with E-state index in [1.54, 1.807) is 19.2 Å². The number of amides is 3. The Morgan fingerprint density at radius 2 is 1.77 bits per heavy atom. The summed E-state index contributed by atoms with van der Waals surface area (Å²) in [4.78, 5) is 26.5. The minimum absolute atomic E-state index is 0.173. The molecule has 1 aliphatic rings. The van der Waals surface area contributed by atoms with Gasteiger partial charge in [0.1, 0.15) is 0 Å². The first-order chi connectivity index (χ1) is 12.6. The van der Waals surface area contributed by atoms with Crippen molar-refractivity contribution in [1.29, 1.82) is 0 Å². The molecule has 6 heteroatoms. The van der Waals surface area contributed by atoms with Gasteiger partial charge in [-0.25, -0.2) is 4.79 Å². The first-order valence-corrected chi connectivity index (χ1v) is 8.82. The quantitative estimate of drug-likeness (QED) is 0.787. The van der Waals surface area contributed by atoms with E-state index in [1.165, 1.54) is 0 Å². The molecular formula is C20H24N4O2. The second-order valence-corrected chi connectivity index (χ2v) is 6.45. The van der Waals surface area contributed by atoms with Gasteiger partial charge in [0, 0.05) is 31.4 Å². The molecule has 1 fully saturated rings. The number of rotatable bonds is 4. The molecular weight excluding hydrogens is 328 g/mol. The summed E-state index contributed by atoms with van der Waals surface area (Å²) >= 11 is 0. The zero-order chi connectivity index (χ0) is 18.5. The van der Waals surface area contributed by atoms with Crippen LogP contribution in [0.4, 0.5) is 21.9 Å². The minimum Gasteiger partial charge on any atom is -0.370 e. The van der Waals surface area contributed by atoms with Gasteiger partial charge in [-0.3, -0.25) is 4.79 Å². The Bertz CT molecular complexity index is 813. The van der Waals surface area contributed by atoms with E-state index in [0.717, 1.165) is 37.2 Å². The molecule has 3 N–H and O–H groups in total. The van der Waals surface area contributed by atoms with Gasteiger partial charge >= 0.3 is 6.03 Å². The fourth-order valence-electron chi connectivity index (χ4n) is 3.12. The van der Waals surface area contributed by atoms with Gasteiger partial charge in [0.2, 0.25) is 0 Å². The molecule has 3 rings (SSSR count). The summed E-state index contributed by atoms with van der Waals surface area (Å²) in [5, 5.41) is 8.33. The molecule has 3 amide bonds. The number of benzene rings is 2. The van der Waals surface area contributed by atoms with E-state index >= 15 is 0 Å². The second-order valence-electron chi connectivity index (χ2n) is 6.45. The van der Waals surface area contributed by atoms with Crippen LogP contribution in [0.1, 0.15) is 28.8 Å². The van der Waals surface area contributed by atoms with Crippen LogP contribution in [0.3, 0.4) is 0 Å². The number of carbonyl (C=O) groups is 2. The van der Waals surface area contributed by atoms with E-state index in [4.69, 9.17) is 0 Å². The fourth-order valence-corrected chi connectivity index (χ4v) is 3.12. The summed E-state index contributed by atoms with van der Waals surface area (Å²) in [7, 11) is 1.58. The average Bonchev–Trinajstić information content (AvgIpc) is 3.16. The Balaban J connectivity index is 1.84. The fraction of sp³-hybridized carbons (Fsp3) is 0.300. The van der Waals surface area contributed by atoms with Crippen molar-refractivity contribution in [3.05, 3.63) is 53.6 Å². The van der Waals surface area contributed by atoms with Crippen LogP contribution in [0, 0.1) is 6.92 Å². The third-order valence-electron chi connectivity index (χ3n) is 4.46. The molecule has 1 saturated heterocycles. The van der Waals surface area contributed by atoms with Gasteiger partial charge in [-0.15, -0.1) is 0 Å². The lowest BCUT2D eigenvalue weighted by Gasteiger charge is -2.22. The molecule has 2 aromatic carbocycles. The Morgan fingerprint density at radius 3 is 2.46 bits per heavy atom. The molecule has 0 aliphatic carbocycles. The van der Waals surface area contributed by atoms with Crippen molar-refractivity contribution in [2.75, 3.05) is 35.7 Å². The zero-order valence-electron chi connectivity index (χ0n) is 15.1.